The summed E-state index contributed by atoms with van der Waals surface area (Å²) < 4.78 is 0. The molecule has 3 nitrogen and oxygen atoms in total. The van der Waals surface area contributed by atoms with Gasteiger partial charge in [0.25, 0.3) is 5.91 Å². The minimum absolute atomic E-state index is 0.0239. The SMILES string of the molecule is CCC1(CC)CCN(C(=O)c2ccc(N)cc2Cl)CC1. The van der Waals surface area contributed by atoms with Crippen LogP contribution < -0.4 is 5.73 Å². The summed E-state index contributed by atoms with van der Waals surface area (Å²) in [6, 6.07) is 5.09. The van der Waals surface area contributed by atoms with Gasteiger partial charge in [-0.05, 0) is 36.5 Å². The van der Waals surface area contributed by atoms with E-state index in [4.69, 9.17) is 17.3 Å². The quantitative estimate of drug-likeness (QED) is 0.858. The minimum Gasteiger partial charge on any atom is -0.399 e. The number of carbonyl (C=O) groups excluding carboxylic acids is 1. The van der Waals surface area contributed by atoms with Crippen molar-refractivity contribution in [2.75, 3.05) is 18.8 Å². The van der Waals surface area contributed by atoms with Gasteiger partial charge in [-0.3, -0.25) is 4.79 Å². The van der Waals surface area contributed by atoms with E-state index in [1.807, 2.05) is 4.90 Å². The molecular formula is C16H23ClN2O. The fourth-order valence-corrected chi connectivity index (χ4v) is 3.29. The Labute approximate surface area is 126 Å². The van der Waals surface area contributed by atoms with Crippen molar-refractivity contribution in [3.05, 3.63) is 28.8 Å². The highest BCUT2D eigenvalue weighted by Crippen LogP contribution is 2.38. The third-order valence-electron chi connectivity index (χ3n) is 4.83. The highest BCUT2D eigenvalue weighted by atomic mass is 35.5. The highest BCUT2D eigenvalue weighted by molar-refractivity contribution is 6.34. The number of nitrogens with zero attached hydrogens (tertiary/aromatic N) is 1. The number of piperidine rings is 1. The first-order valence-corrected chi connectivity index (χ1v) is 7.73. The molecule has 20 heavy (non-hydrogen) atoms. The van der Waals surface area contributed by atoms with Crippen LogP contribution in [0.4, 0.5) is 5.69 Å². The predicted molar refractivity (Wildman–Crippen MR) is 84.0 cm³/mol. The van der Waals surface area contributed by atoms with E-state index in [0.717, 1.165) is 25.9 Å². The van der Waals surface area contributed by atoms with E-state index in [1.54, 1.807) is 18.2 Å². The number of carbonyl (C=O) groups is 1. The van der Waals surface area contributed by atoms with Gasteiger partial charge in [0.15, 0.2) is 0 Å². The summed E-state index contributed by atoms with van der Waals surface area (Å²) in [5, 5.41) is 0.442. The van der Waals surface area contributed by atoms with E-state index >= 15 is 0 Å². The molecule has 110 valence electrons. The van der Waals surface area contributed by atoms with Crippen LogP contribution in [-0.4, -0.2) is 23.9 Å². The van der Waals surface area contributed by atoms with Gasteiger partial charge in [0.05, 0.1) is 10.6 Å². The van der Waals surface area contributed by atoms with Crippen molar-refractivity contribution in [2.45, 2.75) is 39.5 Å². The summed E-state index contributed by atoms with van der Waals surface area (Å²) in [4.78, 5) is 14.4. The first-order chi connectivity index (χ1) is 9.51. The van der Waals surface area contributed by atoms with Crippen molar-refractivity contribution >= 4 is 23.2 Å². The Bertz CT molecular complexity index is 487. The Balaban J connectivity index is 2.09. The second-order valence-corrected chi connectivity index (χ2v) is 6.15. The number of anilines is 1. The van der Waals surface area contributed by atoms with Crippen LogP contribution in [0.3, 0.4) is 0 Å². The van der Waals surface area contributed by atoms with Crippen molar-refractivity contribution < 1.29 is 4.79 Å². The van der Waals surface area contributed by atoms with Crippen LogP contribution in [0, 0.1) is 5.41 Å². The van der Waals surface area contributed by atoms with Gasteiger partial charge in [-0.25, -0.2) is 0 Å². The van der Waals surface area contributed by atoms with Crippen LogP contribution >= 0.6 is 11.6 Å². The number of hydrogen-bond acceptors (Lipinski definition) is 2. The standard InChI is InChI=1S/C16H23ClN2O/c1-3-16(4-2)7-9-19(10-8-16)15(20)13-6-5-12(18)11-14(13)17/h5-6,11H,3-4,7-10,18H2,1-2H3. The molecule has 1 aliphatic heterocycles. The third kappa shape index (κ3) is 2.93. The molecule has 1 heterocycles. The molecule has 1 amide bonds. The van der Waals surface area contributed by atoms with Crippen LogP contribution in [0.15, 0.2) is 18.2 Å². The van der Waals surface area contributed by atoms with Crippen LogP contribution in [-0.2, 0) is 0 Å². The van der Waals surface area contributed by atoms with Crippen LogP contribution in [0.25, 0.3) is 0 Å². The Morgan fingerprint density at radius 1 is 1.30 bits per heavy atom. The van der Waals surface area contributed by atoms with E-state index < -0.39 is 0 Å². The molecule has 0 atom stereocenters. The molecule has 0 saturated carbocycles. The maximum absolute atomic E-state index is 12.5. The van der Waals surface area contributed by atoms with Gasteiger partial charge in [0.1, 0.15) is 0 Å². The Kier molecular flexibility index (Phi) is 4.59. The minimum atomic E-state index is 0.0239. The zero-order valence-corrected chi connectivity index (χ0v) is 13.0. The molecule has 0 aliphatic carbocycles. The Morgan fingerprint density at radius 2 is 1.90 bits per heavy atom. The fourth-order valence-electron chi connectivity index (χ4n) is 3.02. The average Bonchev–Trinajstić information content (AvgIpc) is 2.47. The average molecular weight is 295 g/mol. The van der Waals surface area contributed by atoms with Crippen molar-refractivity contribution in [3.63, 3.8) is 0 Å². The largest absolute Gasteiger partial charge is 0.399 e. The van der Waals surface area contributed by atoms with Crippen LogP contribution in [0.1, 0.15) is 49.9 Å². The first-order valence-electron chi connectivity index (χ1n) is 7.35. The van der Waals surface area contributed by atoms with E-state index in [1.165, 1.54) is 12.8 Å². The molecular weight excluding hydrogens is 272 g/mol. The van der Waals surface area contributed by atoms with Crippen molar-refractivity contribution in [1.29, 1.82) is 0 Å². The summed E-state index contributed by atoms with van der Waals surface area (Å²) in [5.74, 6) is 0.0239. The summed E-state index contributed by atoms with van der Waals surface area (Å²) in [5.41, 5.74) is 7.23. The number of likely N-dealkylation sites (tertiary alicyclic amines) is 1. The van der Waals surface area contributed by atoms with E-state index in [2.05, 4.69) is 13.8 Å². The topological polar surface area (TPSA) is 46.3 Å². The number of halogens is 1. The van der Waals surface area contributed by atoms with Gasteiger partial charge in [-0.1, -0.05) is 38.3 Å². The molecule has 1 fully saturated rings. The van der Waals surface area contributed by atoms with E-state index in [0.29, 0.717) is 21.7 Å². The number of rotatable bonds is 3. The monoisotopic (exact) mass is 294 g/mol. The molecule has 1 saturated heterocycles. The number of nitrogen functional groups attached to an aromatic ring is 1. The lowest BCUT2D eigenvalue weighted by atomic mass is 9.74. The van der Waals surface area contributed by atoms with Gasteiger partial charge < -0.3 is 10.6 Å². The normalized spacial score (nSPS) is 18.1. The number of nitrogens with two attached hydrogens (primary N) is 1. The maximum atomic E-state index is 12.5. The molecule has 0 aromatic heterocycles. The summed E-state index contributed by atoms with van der Waals surface area (Å²) in [6.45, 7) is 6.14. The zero-order chi connectivity index (χ0) is 14.8. The van der Waals surface area contributed by atoms with E-state index in [9.17, 15) is 4.79 Å². The molecule has 2 N–H and O–H groups in total. The molecule has 1 aromatic carbocycles. The lowest BCUT2D eigenvalue weighted by Crippen LogP contribution is -2.42. The second-order valence-electron chi connectivity index (χ2n) is 5.74. The van der Waals surface area contributed by atoms with Crippen molar-refractivity contribution in [2.24, 2.45) is 5.41 Å². The molecule has 4 heteroatoms. The van der Waals surface area contributed by atoms with Crippen molar-refractivity contribution in [3.8, 4) is 0 Å². The molecule has 0 radical (unpaired) electrons. The second kappa shape index (κ2) is 6.04. The molecule has 0 spiro atoms. The number of benzene rings is 1. The van der Waals surface area contributed by atoms with Crippen LogP contribution in [0.2, 0.25) is 5.02 Å². The lowest BCUT2D eigenvalue weighted by Gasteiger charge is -2.41. The zero-order valence-electron chi connectivity index (χ0n) is 12.3. The molecule has 0 bridgehead atoms. The molecule has 2 rings (SSSR count). The van der Waals surface area contributed by atoms with Gasteiger partial charge >= 0.3 is 0 Å². The van der Waals surface area contributed by atoms with Crippen molar-refractivity contribution in [1.82, 2.24) is 4.90 Å². The molecule has 1 aromatic rings. The molecule has 0 unspecified atom stereocenters. The Hall–Kier alpha value is -1.22. The van der Waals surface area contributed by atoms with E-state index in [-0.39, 0.29) is 5.91 Å². The van der Waals surface area contributed by atoms with Crippen LogP contribution in [0.5, 0.6) is 0 Å². The molecule has 1 aliphatic rings. The number of amides is 1. The Morgan fingerprint density at radius 3 is 2.40 bits per heavy atom. The number of hydrogen-bond donors (Lipinski definition) is 1. The maximum Gasteiger partial charge on any atom is 0.255 e. The van der Waals surface area contributed by atoms with Gasteiger partial charge in [-0.2, -0.15) is 0 Å². The van der Waals surface area contributed by atoms with Gasteiger partial charge in [0, 0.05) is 18.8 Å². The fraction of sp³-hybridized carbons (Fsp3) is 0.562. The summed E-state index contributed by atoms with van der Waals surface area (Å²) in [6.07, 6.45) is 4.54. The third-order valence-corrected chi connectivity index (χ3v) is 5.15. The summed E-state index contributed by atoms with van der Waals surface area (Å²) in [7, 11) is 0. The predicted octanol–water partition coefficient (Wildman–Crippen LogP) is 3.96. The smallest absolute Gasteiger partial charge is 0.255 e. The highest BCUT2D eigenvalue weighted by Gasteiger charge is 2.33. The first kappa shape index (κ1) is 15.2. The van der Waals surface area contributed by atoms with Gasteiger partial charge in [0.2, 0.25) is 0 Å². The summed E-state index contributed by atoms with van der Waals surface area (Å²) >= 11 is 6.13. The lowest BCUT2D eigenvalue weighted by molar-refractivity contribution is 0.0558. The van der Waals surface area contributed by atoms with Gasteiger partial charge in [-0.15, -0.1) is 0 Å².